The summed E-state index contributed by atoms with van der Waals surface area (Å²) in [5.41, 5.74) is 0.720. The third-order valence-electron chi connectivity index (χ3n) is 2.16. The Kier molecular flexibility index (Phi) is 3.77. The number of nitrogens with zero attached hydrogens (tertiary/aromatic N) is 1. The zero-order valence-corrected chi connectivity index (χ0v) is 11.1. The van der Waals surface area contributed by atoms with E-state index in [1.54, 1.807) is 18.2 Å². The number of anilines is 1. The maximum atomic E-state index is 13.2. The molecule has 0 radical (unpaired) electrons. The van der Waals surface area contributed by atoms with Crippen molar-refractivity contribution in [3.8, 4) is 6.07 Å². The summed E-state index contributed by atoms with van der Waals surface area (Å²) in [4.78, 5) is 1.73. The highest BCUT2D eigenvalue weighted by Crippen LogP contribution is 2.21. The van der Waals surface area contributed by atoms with Crippen molar-refractivity contribution in [2.45, 2.75) is 6.54 Å². The Labute approximate surface area is 111 Å². The van der Waals surface area contributed by atoms with E-state index in [0.29, 0.717) is 15.9 Å². The Bertz CT molecular complexity index is 574. The lowest BCUT2D eigenvalue weighted by Gasteiger charge is -2.05. The number of hydrogen-bond donors (Lipinski definition) is 1. The van der Waals surface area contributed by atoms with Crippen molar-refractivity contribution < 1.29 is 4.39 Å². The molecule has 0 saturated carbocycles. The van der Waals surface area contributed by atoms with Crippen LogP contribution in [0.2, 0.25) is 0 Å². The lowest BCUT2D eigenvalue weighted by molar-refractivity contribution is 0.621. The van der Waals surface area contributed by atoms with Gasteiger partial charge >= 0.3 is 0 Å². The van der Waals surface area contributed by atoms with Gasteiger partial charge in [0.2, 0.25) is 0 Å². The van der Waals surface area contributed by atoms with Gasteiger partial charge in [-0.2, -0.15) is 5.26 Å². The Hall–Kier alpha value is -1.38. The number of halogens is 2. The first kappa shape index (κ1) is 12.1. The smallest absolute Gasteiger partial charge is 0.139 e. The van der Waals surface area contributed by atoms with E-state index >= 15 is 0 Å². The van der Waals surface area contributed by atoms with E-state index in [-0.39, 0.29) is 5.82 Å². The fourth-order valence-corrected chi connectivity index (χ4v) is 2.32. The van der Waals surface area contributed by atoms with Crippen molar-refractivity contribution in [1.29, 1.82) is 5.26 Å². The third-order valence-corrected chi connectivity index (χ3v) is 3.79. The van der Waals surface area contributed by atoms with Crippen LogP contribution in [0.4, 0.5) is 10.1 Å². The van der Waals surface area contributed by atoms with E-state index in [2.05, 4.69) is 27.3 Å². The number of nitrogens with one attached hydrogen (secondary N) is 1. The van der Waals surface area contributed by atoms with Gasteiger partial charge in [0, 0.05) is 17.1 Å². The maximum absolute atomic E-state index is 13.2. The van der Waals surface area contributed by atoms with Gasteiger partial charge in [0.25, 0.3) is 0 Å². The van der Waals surface area contributed by atoms with Gasteiger partial charge in [-0.15, -0.1) is 11.3 Å². The van der Waals surface area contributed by atoms with E-state index in [9.17, 15) is 4.39 Å². The second kappa shape index (κ2) is 5.30. The van der Waals surface area contributed by atoms with Gasteiger partial charge in [-0.1, -0.05) is 0 Å². The molecule has 0 unspecified atom stereocenters. The molecule has 5 heteroatoms. The van der Waals surface area contributed by atoms with Gasteiger partial charge in [0.05, 0.1) is 4.47 Å². The Balaban J connectivity index is 2.02. The van der Waals surface area contributed by atoms with Gasteiger partial charge in [-0.25, -0.2) is 4.39 Å². The molecule has 0 saturated heterocycles. The molecular formula is C12H8BrFN2S. The fourth-order valence-electron chi connectivity index (χ4n) is 1.33. The summed E-state index contributed by atoms with van der Waals surface area (Å²) in [5.74, 6) is -0.293. The predicted molar refractivity (Wildman–Crippen MR) is 70.5 cm³/mol. The first-order valence-corrected chi connectivity index (χ1v) is 6.48. The number of nitriles is 1. The van der Waals surface area contributed by atoms with Gasteiger partial charge < -0.3 is 5.32 Å². The molecule has 0 bridgehead atoms. The summed E-state index contributed by atoms with van der Waals surface area (Å²) in [6, 6.07) is 10.7. The molecule has 2 aromatic rings. The van der Waals surface area contributed by atoms with Crippen LogP contribution in [-0.2, 0) is 6.54 Å². The van der Waals surface area contributed by atoms with Gasteiger partial charge in [0.1, 0.15) is 16.8 Å². The van der Waals surface area contributed by atoms with Crippen molar-refractivity contribution >= 4 is 33.0 Å². The van der Waals surface area contributed by atoms with Crippen LogP contribution in [-0.4, -0.2) is 0 Å². The number of benzene rings is 1. The van der Waals surface area contributed by atoms with Crippen molar-refractivity contribution in [3.05, 3.63) is 50.4 Å². The first-order valence-electron chi connectivity index (χ1n) is 4.87. The molecule has 0 aliphatic rings. The molecule has 0 fully saturated rings. The van der Waals surface area contributed by atoms with Crippen molar-refractivity contribution in [2.75, 3.05) is 5.32 Å². The van der Waals surface area contributed by atoms with Gasteiger partial charge in [-0.05, 0) is 46.3 Å². The zero-order valence-electron chi connectivity index (χ0n) is 8.71. The molecule has 0 amide bonds. The van der Waals surface area contributed by atoms with Crippen LogP contribution in [0.1, 0.15) is 9.75 Å². The molecule has 2 nitrogen and oxygen atoms in total. The van der Waals surface area contributed by atoms with Crippen LogP contribution in [0.3, 0.4) is 0 Å². The molecular weight excluding hydrogens is 303 g/mol. The molecule has 1 heterocycles. The summed E-state index contributed by atoms with van der Waals surface area (Å²) >= 11 is 4.53. The lowest BCUT2D eigenvalue weighted by atomic mass is 10.3. The average molecular weight is 311 g/mol. The summed E-state index contributed by atoms with van der Waals surface area (Å²) in [6.45, 7) is 0.591. The molecule has 0 aliphatic heterocycles. The van der Waals surface area contributed by atoms with E-state index in [1.807, 2.05) is 6.07 Å². The maximum Gasteiger partial charge on any atom is 0.139 e. The fraction of sp³-hybridized carbons (Fsp3) is 0.0833. The van der Waals surface area contributed by atoms with Gasteiger partial charge in [0.15, 0.2) is 0 Å². The molecule has 1 aromatic heterocycles. The monoisotopic (exact) mass is 310 g/mol. The Morgan fingerprint density at radius 2 is 2.18 bits per heavy atom. The molecule has 2 rings (SSSR count). The van der Waals surface area contributed by atoms with Gasteiger partial charge in [-0.3, -0.25) is 0 Å². The number of hydrogen-bond acceptors (Lipinski definition) is 3. The Morgan fingerprint density at radius 1 is 1.35 bits per heavy atom. The molecule has 17 heavy (non-hydrogen) atoms. The number of rotatable bonds is 3. The molecule has 1 N–H and O–H groups in total. The highest BCUT2D eigenvalue weighted by molar-refractivity contribution is 9.10. The zero-order chi connectivity index (χ0) is 12.3. The minimum absolute atomic E-state index is 0.293. The highest BCUT2D eigenvalue weighted by atomic mass is 79.9. The SMILES string of the molecule is N#Cc1ccc(CNc2ccc(Br)c(F)c2)s1. The number of thiophene rings is 1. The summed E-state index contributed by atoms with van der Waals surface area (Å²) in [5, 5.41) is 11.8. The van der Waals surface area contributed by atoms with E-state index in [1.165, 1.54) is 17.4 Å². The quantitative estimate of drug-likeness (QED) is 0.925. The molecule has 86 valence electrons. The van der Waals surface area contributed by atoms with Crippen LogP contribution in [0, 0.1) is 17.1 Å². The molecule has 1 aromatic carbocycles. The summed E-state index contributed by atoms with van der Waals surface area (Å²) in [6.07, 6.45) is 0. The van der Waals surface area contributed by atoms with E-state index in [0.717, 1.165) is 10.6 Å². The predicted octanol–water partition coefficient (Wildman–Crippen LogP) is 4.13. The summed E-state index contributed by atoms with van der Waals surface area (Å²) < 4.78 is 13.7. The molecule has 0 spiro atoms. The molecule has 0 atom stereocenters. The van der Waals surface area contributed by atoms with Crippen LogP contribution in [0.25, 0.3) is 0 Å². The normalized spacial score (nSPS) is 9.94. The average Bonchev–Trinajstić information content (AvgIpc) is 2.79. The Morgan fingerprint density at radius 3 is 2.82 bits per heavy atom. The molecule has 0 aliphatic carbocycles. The van der Waals surface area contributed by atoms with Crippen molar-refractivity contribution in [3.63, 3.8) is 0 Å². The standard InChI is InChI=1S/C12H8BrFN2S/c13-11-4-1-8(5-12(11)14)16-7-10-3-2-9(6-15)17-10/h1-5,16H,7H2. The van der Waals surface area contributed by atoms with E-state index in [4.69, 9.17) is 5.26 Å². The lowest BCUT2D eigenvalue weighted by Crippen LogP contribution is -1.97. The first-order chi connectivity index (χ1) is 8.19. The third kappa shape index (κ3) is 3.05. The van der Waals surface area contributed by atoms with Crippen molar-refractivity contribution in [1.82, 2.24) is 0 Å². The van der Waals surface area contributed by atoms with Crippen LogP contribution >= 0.6 is 27.3 Å². The van der Waals surface area contributed by atoms with Crippen molar-refractivity contribution in [2.24, 2.45) is 0 Å². The topological polar surface area (TPSA) is 35.8 Å². The van der Waals surface area contributed by atoms with E-state index < -0.39 is 0 Å². The summed E-state index contributed by atoms with van der Waals surface area (Å²) in [7, 11) is 0. The van der Waals surface area contributed by atoms with Crippen LogP contribution < -0.4 is 5.32 Å². The minimum atomic E-state index is -0.293. The van der Waals surface area contributed by atoms with Crippen LogP contribution in [0.15, 0.2) is 34.8 Å². The minimum Gasteiger partial charge on any atom is -0.380 e. The second-order valence-electron chi connectivity index (χ2n) is 3.36. The second-order valence-corrected chi connectivity index (χ2v) is 5.38. The largest absolute Gasteiger partial charge is 0.380 e. The van der Waals surface area contributed by atoms with Crippen LogP contribution in [0.5, 0.6) is 0 Å². The highest BCUT2D eigenvalue weighted by Gasteiger charge is 2.02.